The van der Waals surface area contributed by atoms with Crippen LogP contribution in [0, 0.1) is 11.6 Å². The molecule has 22 heavy (non-hydrogen) atoms. The molecule has 0 aliphatic carbocycles. The highest BCUT2D eigenvalue weighted by molar-refractivity contribution is 6.32. The number of hydrogen-bond acceptors (Lipinski definition) is 3. The summed E-state index contributed by atoms with van der Waals surface area (Å²) >= 11 is 5.81. The zero-order valence-corrected chi connectivity index (χ0v) is 12.2. The molecule has 1 N–H and O–H groups in total. The number of rotatable bonds is 4. The molecule has 0 amide bonds. The molecule has 114 valence electrons. The molecular weight excluding hydrogens is 314 g/mol. The van der Waals surface area contributed by atoms with Crippen molar-refractivity contribution < 1.29 is 23.4 Å². The first-order valence-electron chi connectivity index (χ1n) is 6.17. The average molecular weight is 325 g/mol. The number of methoxy groups -OCH3 is 1. The third kappa shape index (κ3) is 3.26. The highest BCUT2D eigenvalue weighted by Gasteiger charge is 2.14. The van der Waals surface area contributed by atoms with Gasteiger partial charge in [-0.3, -0.25) is 4.79 Å². The van der Waals surface area contributed by atoms with E-state index in [1.165, 1.54) is 31.4 Å². The summed E-state index contributed by atoms with van der Waals surface area (Å²) in [6, 6.07) is 6.01. The van der Waals surface area contributed by atoms with Gasteiger partial charge in [-0.15, -0.1) is 0 Å². The summed E-state index contributed by atoms with van der Waals surface area (Å²) in [6.45, 7) is 0. The van der Waals surface area contributed by atoms with Crippen molar-refractivity contribution >= 4 is 23.5 Å². The molecule has 0 aromatic heterocycles. The third-order valence-corrected chi connectivity index (χ3v) is 3.20. The van der Waals surface area contributed by atoms with Crippen LogP contribution in [0.4, 0.5) is 8.78 Å². The first-order valence-corrected chi connectivity index (χ1v) is 6.54. The van der Waals surface area contributed by atoms with Crippen LogP contribution in [-0.2, 0) is 0 Å². The Morgan fingerprint density at radius 2 is 1.91 bits per heavy atom. The van der Waals surface area contributed by atoms with E-state index < -0.39 is 23.0 Å². The van der Waals surface area contributed by atoms with Gasteiger partial charge in [0.2, 0.25) is 0 Å². The number of allylic oxidation sites excluding steroid dienone is 1. The van der Waals surface area contributed by atoms with Crippen LogP contribution in [0.5, 0.6) is 11.5 Å². The topological polar surface area (TPSA) is 46.5 Å². The van der Waals surface area contributed by atoms with E-state index in [0.717, 1.165) is 18.2 Å². The summed E-state index contributed by atoms with van der Waals surface area (Å²) in [7, 11) is 1.35. The van der Waals surface area contributed by atoms with Gasteiger partial charge in [-0.2, -0.15) is 0 Å². The number of phenols is 1. The minimum atomic E-state index is -0.934. The Balaban J connectivity index is 2.33. The van der Waals surface area contributed by atoms with Gasteiger partial charge in [0.25, 0.3) is 0 Å². The zero-order valence-electron chi connectivity index (χ0n) is 11.4. The first kappa shape index (κ1) is 16.0. The lowest BCUT2D eigenvalue weighted by molar-refractivity contribution is 0.104. The fraction of sp³-hybridized carbons (Fsp3) is 0.0625. The van der Waals surface area contributed by atoms with E-state index in [-0.39, 0.29) is 16.5 Å². The SMILES string of the molecule is COc1cc(/C=C/C(=O)c2c(F)cccc2F)cc(Cl)c1O. The number of ketones is 1. The smallest absolute Gasteiger partial charge is 0.191 e. The summed E-state index contributed by atoms with van der Waals surface area (Å²) in [5.41, 5.74) is -0.194. The van der Waals surface area contributed by atoms with Gasteiger partial charge >= 0.3 is 0 Å². The minimum Gasteiger partial charge on any atom is -0.503 e. The van der Waals surface area contributed by atoms with Crippen LogP contribution in [0.25, 0.3) is 6.08 Å². The highest BCUT2D eigenvalue weighted by atomic mass is 35.5. The monoisotopic (exact) mass is 324 g/mol. The van der Waals surface area contributed by atoms with Crippen molar-refractivity contribution in [1.29, 1.82) is 0 Å². The molecular formula is C16H11ClF2O3. The van der Waals surface area contributed by atoms with Crippen LogP contribution in [0.1, 0.15) is 15.9 Å². The maximum Gasteiger partial charge on any atom is 0.191 e. The molecule has 0 unspecified atom stereocenters. The molecule has 0 saturated heterocycles. The molecule has 3 nitrogen and oxygen atoms in total. The maximum absolute atomic E-state index is 13.5. The minimum absolute atomic E-state index is 0.0310. The Kier molecular flexibility index (Phi) is 4.78. The molecule has 2 aromatic carbocycles. The van der Waals surface area contributed by atoms with Crippen molar-refractivity contribution in [3.05, 3.63) is 64.2 Å². The average Bonchev–Trinajstić information content (AvgIpc) is 2.48. The van der Waals surface area contributed by atoms with E-state index in [9.17, 15) is 18.7 Å². The molecule has 6 heteroatoms. The van der Waals surface area contributed by atoms with E-state index in [0.29, 0.717) is 5.56 Å². The van der Waals surface area contributed by atoms with Gasteiger partial charge in [0.05, 0.1) is 17.7 Å². The van der Waals surface area contributed by atoms with Crippen LogP contribution in [0.3, 0.4) is 0 Å². The van der Waals surface area contributed by atoms with Gasteiger partial charge in [0.1, 0.15) is 11.6 Å². The Bertz CT molecular complexity index is 737. The van der Waals surface area contributed by atoms with Crippen molar-refractivity contribution in [3.63, 3.8) is 0 Å². The molecule has 0 saturated carbocycles. The lowest BCUT2D eigenvalue weighted by Crippen LogP contribution is -2.02. The van der Waals surface area contributed by atoms with Crippen molar-refractivity contribution in [2.75, 3.05) is 7.11 Å². The predicted molar refractivity (Wildman–Crippen MR) is 79.4 cm³/mol. The third-order valence-electron chi connectivity index (χ3n) is 2.91. The second-order valence-corrected chi connectivity index (χ2v) is 4.76. The van der Waals surface area contributed by atoms with Gasteiger partial charge in [0.15, 0.2) is 17.3 Å². The van der Waals surface area contributed by atoms with E-state index in [1.807, 2.05) is 0 Å². The van der Waals surface area contributed by atoms with Crippen molar-refractivity contribution in [3.8, 4) is 11.5 Å². The number of phenolic OH excluding ortho intramolecular Hbond substituents is 1. The molecule has 0 aliphatic rings. The van der Waals surface area contributed by atoms with Gasteiger partial charge in [0, 0.05) is 0 Å². The standard InChI is InChI=1S/C16H11ClF2O3/c1-22-14-8-9(7-10(17)16(14)21)5-6-13(20)15-11(18)3-2-4-12(15)19/h2-8,21H,1H3/b6-5+. The summed E-state index contributed by atoms with van der Waals surface area (Å²) in [5, 5.41) is 9.63. The fourth-order valence-electron chi connectivity index (χ4n) is 1.83. The van der Waals surface area contributed by atoms with Gasteiger partial charge in [-0.1, -0.05) is 23.7 Å². The van der Waals surface area contributed by atoms with E-state index >= 15 is 0 Å². The number of halogens is 3. The highest BCUT2D eigenvalue weighted by Crippen LogP contribution is 2.35. The molecule has 0 aliphatic heterocycles. The zero-order chi connectivity index (χ0) is 16.3. The number of carbonyl (C=O) groups excluding carboxylic acids is 1. The van der Waals surface area contributed by atoms with Crippen LogP contribution in [-0.4, -0.2) is 18.0 Å². The lowest BCUT2D eigenvalue weighted by atomic mass is 10.1. The number of carbonyl (C=O) groups is 1. The normalized spacial score (nSPS) is 10.9. The molecule has 0 bridgehead atoms. The van der Waals surface area contributed by atoms with Gasteiger partial charge in [-0.25, -0.2) is 8.78 Å². The Morgan fingerprint density at radius 1 is 1.27 bits per heavy atom. The van der Waals surface area contributed by atoms with Crippen LogP contribution >= 0.6 is 11.6 Å². The first-order chi connectivity index (χ1) is 10.4. The van der Waals surface area contributed by atoms with Crippen molar-refractivity contribution in [1.82, 2.24) is 0 Å². The van der Waals surface area contributed by atoms with Gasteiger partial charge in [-0.05, 0) is 35.9 Å². The second kappa shape index (κ2) is 6.58. The lowest BCUT2D eigenvalue weighted by Gasteiger charge is -2.06. The molecule has 0 fully saturated rings. The largest absolute Gasteiger partial charge is 0.503 e. The Morgan fingerprint density at radius 3 is 2.50 bits per heavy atom. The number of hydrogen-bond donors (Lipinski definition) is 1. The molecule has 2 rings (SSSR count). The summed E-state index contributed by atoms with van der Waals surface area (Å²) in [6.07, 6.45) is 2.34. The maximum atomic E-state index is 13.5. The quantitative estimate of drug-likeness (QED) is 0.676. The number of ether oxygens (including phenoxy) is 1. The number of benzene rings is 2. The molecule has 0 radical (unpaired) electrons. The Labute approximate surface area is 130 Å². The molecule has 0 atom stereocenters. The van der Waals surface area contributed by atoms with Crippen molar-refractivity contribution in [2.24, 2.45) is 0 Å². The molecule has 2 aromatic rings. The van der Waals surface area contributed by atoms with E-state index in [2.05, 4.69) is 0 Å². The molecule has 0 spiro atoms. The van der Waals surface area contributed by atoms with Crippen LogP contribution in [0.15, 0.2) is 36.4 Å². The molecule has 0 heterocycles. The Hall–Kier alpha value is -2.40. The van der Waals surface area contributed by atoms with E-state index in [4.69, 9.17) is 16.3 Å². The van der Waals surface area contributed by atoms with Crippen LogP contribution < -0.4 is 4.74 Å². The number of aromatic hydroxyl groups is 1. The van der Waals surface area contributed by atoms with Gasteiger partial charge < -0.3 is 9.84 Å². The fourth-order valence-corrected chi connectivity index (χ4v) is 2.05. The predicted octanol–water partition coefficient (Wildman–Crippen LogP) is 4.23. The summed E-state index contributed by atoms with van der Waals surface area (Å²) in [4.78, 5) is 11.9. The van der Waals surface area contributed by atoms with Crippen molar-refractivity contribution in [2.45, 2.75) is 0 Å². The summed E-state index contributed by atoms with van der Waals surface area (Å²) in [5.74, 6) is -2.80. The second-order valence-electron chi connectivity index (χ2n) is 4.35. The summed E-state index contributed by atoms with van der Waals surface area (Å²) < 4.78 is 31.9. The van der Waals surface area contributed by atoms with E-state index in [1.54, 1.807) is 0 Å². The van der Waals surface area contributed by atoms with Crippen LogP contribution in [0.2, 0.25) is 5.02 Å².